The summed E-state index contributed by atoms with van der Waals surface area (Å²) in [5.41, 5.74) is 0.514. The van der Waals surface area contributed by atoms with E-state index >= 15 is 0 Å². The van der Waals surface area contributed by atoms with E-state index in [0.717, 1.165) is 19.3 Å². The molecule has 1 aromatic heterocycles. The van der Waals surface area contributed by atoms with Crippen LogP contribution in [0.4, 0.5) is 5.95 Å². The quantitative estimate of drug-likeness (QED) is 0.567. The Kier molecular flexibility index (Phi) is 3.59. The average molecular weight is 415 g/mol. The lowest BCUT2D eigenvalue weighted by molar-refractivity contribution is -0.187. The molecule has 11 heteroatoms. The third kappa shape index (κ3) is 2.47. The average Bonchev–Trinajstić information content (AvgIpc) is 3.42. The lowest BCUT2D eigenvalue weighted by atomic mass is 9.81. The topological polar surface area (TPSA) is 119 Å². The molecule has 4 aliphatic heterocycles. The van der Waals surface area contributed by atoms with Crippen molar-refractivity contribution >= 4 is 41.9 Å². The molecule has 1 spiro atoms. The summed E-state index contributed by atoms with van der Waals surface area (Å²) in [6, 6.07) is 0.135. The molecule has 0 aromatic carbocycles. The van der Waals surface area contributed by atoms with E-state index in [9.17, 15) is 9.59 Å². The van der Waals surface area contributed by atoms with Gasteiger partial charge in [0.15, 0.2) is 11.6 Å². The summed E-state index contributed by atoms with van der Waals surface area (Å²) < 4.78 is 13.5. The minimum atomic E-state index is -1.10. The molecule has 10 nitrogen and oxygen atoms in total. The van der Waals surface area contributed by atoms with Gasteiger partial charge in [0, 0.05) is 30.4 Å². The number of carboxylic acids is 1. The Bertz CT molecular complexity index is 1020. The molecule has 0 radical (unpaired) electrons. The fourth-order valence-corrected chi connectivity index (χ4v) is 5.78. The van der Waals surface area contributed by atoms with Crippen LogP contribution in [0.5, 0.6) is 0 Å². The Morgan fingerprint density at radius 1 is 1.38 bits per heavy atom. The molecule has 2 saturated heterocycles. The summed E-state index contributed by atoms with van der Waals surface area (Å²) in [6.45, 7) is 1.26. The number of rotatable bonds is 2. The molecule has 1 aliphatic carbocycles. The van der Waals surface area contributed by atoms with Gasteiger partial charge in [-0.25, -0.2) is 14.5 Å². The zero-order chi connectivity index (χ0) is 19.8. The third-order valence-corrected chi connectivity index (χ3v) is 7.12. The second-order valence-electron chi connectivity index (χ2n) is 7.65. The zero-order valence-electron chi connectivity index (χ0n) is 15.2. The largest absolute Gasteiger partial charge is 0.477 e. The molecule has 2 unspecified atom stereocenters. The second kappa shape index (κ2) is 6.00. The highest BCUT2D eigenvalue weighted by Gasteiger charge is 2.50. The summed E-state index contributed by atoms with van der Waals surface area (Å²) in [5, 5.41) is 14.9. The number of aliphatic carboxylic acids is 1. The summed E-state index contributed by atoms with van der Waals surface area (Å²) in [7, 11) is 0. The van der Waals surface area contributed by atoms with Crippen LogP contribution >= 0.6 is 11.8 Å². The van der Waals surface area contributed by atoms with Crippen molar-refractivity contribution in [2.75, 3.05) is 13.2 Å². The van der Waals surface area contributed by atoms with E-state index in [1.165, 1.54) is 22.1 Å². The molecule has 3 fully saturated rings. The van der Waals surface area contributed by atoms with Crippen LogP contribution in [0.1, 0.15) is 31.1 Å². The Hall–Kier alpha value is -2.50. The van der Waals surface area contributed by atoms with Crippen LogP contribution in [0.2, 0.25) is 0 Å². The predicted octanol–water partition coefficient (Wildman–Crippen LogP) is 1.30. The van der Waals surface area contributed by atoms with Crippen molar-refractivity contribution in [1.29, 1.82) is 0 Å². The number of fused-ring (bicyclic) bond motifs is 4. The Labute approximate surface area is 169 Å². The molecule has 0 bridgehead atoms. The molecule has 5 aliphatic rings. The van der Waals surface area contributed by atoms with Crippen molar-refractivity contribution in [3.8, 4) is 0 Å². The van der Waals surface area contributed by atoms with E-state index in [2.05, 4.69) is 15.1 Å². The number of aromatic nitrogens is 3. The monoisotopic (exact) mass is 415 g/mol. The van der Waals surface area contributed by atoms with Crippen molar-refractivity contribution in [3.63, 3.8) is 0 Å². The van der Waals surface area contributed by atoms with Crippen LogP contribution in [0.25, 0.3) is 6.08 Å². The summed E-state index contributed by atoms with van der Waals surface area (Å²) in [6.07, 6.45) is 5.93. The highest BCUT2D eigenvalue weighted by atomic mass is 32.2. The molecule has 3 atom stereocenters. The van der Waals surface area contributed by atoms with E-state index in [1.807, 2.05) is 10.9 Å². The minimum absolute atomic E-state index is 0.0131. The molecular weight excluding hydrogens is 398 g/mol. The Morgan fingerprint density at radius 2 is 2.21 bits per heavy atom. The first kappa shape index (κ1) is 17.4. The first-order valence-electron chi connectivity index (χ1n) is 9.47. The van der Waals surface area contributed by atoms with Gasteiger partial charge < -0.3 is 14.6 Å². The van der Waals surface area contributed by atoms with Crippen LogP contribution in [0, 0.1) is 5.92 Å². The van der Waals surface area contributed by atoms with Crippen LogP contribution < -0.4 is 0 Å². The van der Waals surface area contributed by atoms with Gasteiger partial charge in [0.05, 0.1) is 24.8 Å². The summed E-state index contributed by atoms with van der Waals surface area (Å²) in [5.74, 6) is -0.822. The first-order valence-corrected chi connectivity index (χ1v) is 10.4. The van der Waals surface area contributed by atoms with Crippen molar-refractivity contribution in [2.24, 2.45) is 10.9 Å². The number of thioether (sulfide) groups is 1. The SMILES string of the molecule is O=C(O)C1=CS[C@@H]2/C(=C\c3nc4n(n3)C3CCC5(CC3C=N4)OCCO5)C(=O)N12. The van der Waals surface area contributed by atoms with Crippen LogP contribution in [0.3, 0.4) is 0 Å². The van der Waals surface area contributed by atoms with E-state index < -0.39 is 11.8 Å². The van der Waals surface area contributed by atoms with Gasteiger partial charge in [-0.3, -0.25) is 9.69 Å². The number of carbonyl (C=O) groups excluding carboxylic acids is 1. The standard InChI is InChI=1S/C18H17N5O5S/c24-14-10(15-22(14)12(8-29-15)16(25)26)5-13-20-17-19-7-9-6-18(27-3-4-28-18)2-1-11(9)23(17)21-13/h5,7-9,11,15H,1-4,6H2,(H,25,26)/b10-5-/t9?,11?,15-/m1/s1. The maximum absolute atomic E-state index is 12.4. The number of amides is 1. The van der Waals surface area contributed by atoms with E-state index in [-0.39, 0.29) is 28.9 Å². The molecule has 1 aromatic rings. The molecule has 1 amide bonds. The number of hydrogen-bond acceptors (Lipinski definition) is 8. The normalized spacial score (nSPS) is 32.8. The highest BCUT2D eigenvalue weighted by molar-refractivity contribution is 8.03. The van der Waals surface area contributed by atoms with Gasteiger partial charge in [-0.15, -0.1) is 16.9 Å². The Balaban J connectivity index is 1.24. The maximum atomic E-state index is 12.4. The van der Waals surface area contributed by atoms with Crippen molar-refractivity contribution in [3.05, 3.63) is 22.5 Å². The highest BCUT2D eigenvalue weighted by Crippen LogP contribution is 2.47. The number of β-lactam (4-membered cyclic amide) rings is 1. The number of hydrogen-bond donors (Lipinski definition) is 1. The predicted molar refractivity (Wildman–Crippen MR) is 101 cm³/mol. The van der Waals surface area contributed by atoms with Crippen LogP contribution in [-0.2, 0) is 19.1 Å². The van der Waals surface area contributed by atoms with Crippen molar-refractivity contribution in [2.45, 2.75) is 36.5 Å². The van der Waals surface area contributed by atoms with Gasteiger partial charge in [0.1, 0.15) is 11.1 Å². The van der Waals surface area contributed by atoms with Gasteiger partial charge in [-0.2, -0.15) is 4.98 Å². The third-order valence-electron chi connectivity index (χ3n) is 6.04. The van der Waals surface area contributed by atoms with Crippen LogP contribution in [0.15, 0.2) is 21.7 Å². The molecule has 6 rings (SSSR count). The molecule has 5 heterocycles. The van der Waals surface area contributed by atoms with Gasteiger partial charge in [0.2, 0.25) is 5.95 Å². The number of carboxylic acid groups (broad SMARTS) is 1. The lowest BCUT2D eigenvalue weighted by Crippen LogP contribution is -2.51. The van der Waals surface area contributed by atoms with Gasteiger partial charge in [0.25, 0.3) is 5.91 Å². The number of aliphatic imine (C=N–C) groups is 1. The first-order chi connectivity index (χ1) is 14.0. The maximum Gasteiger partial charge on any atom is 0.353 e. The van der Waals surface area contributed by atoms with Crippen molar-refractivity contribution in [1.82, 2.24) is 19.7 Å². The minimum Gasteiger partial charge on any atom is -0.477 e. The molecule has 1 N–H and O–H groups in total. The van der Waals surface area contributed by atoms with Crippen molar-refractivity contribution < 1.29 is 24.2 Å². The Morgan fingerprint density at radius 3 is 3.00 bits per heavy atom. The molecule has 1 saturated carbocycles. The fraction of sp³-hybridized carbons (Fsp3) is 0.500. The molecule has 150 valence electrons. The molecule has 29 heavy (non-hydrogen) atoms. The number of nitrogens with zero attached hydrogens (tertiary/aromatic N) is 5. The fourth-order valence-electron chi connectivity index (χ4n) is 4.66. The zero-order valence-corrected chi connectivity index (χ0v) is 16.0. The van der Waals surface area contributed by atoms with E-state index in [4.69, 9.17) is 14.6 Å². The van der Waals surface area contributed by atoms with E-state index in [0.29, 0.717) is 30.6 Å². The second-order valence-corrected chi connectivity index (χ2v) is 8.60. The number of carbonyl (C=O) groups is 2. The molecular formula is C18H17N5O5S. The van der Waals surface area contributed by atoms with E-state index in [1.54, 1.807) is 6.08 Å². The van der Waals surface area contributed by atoms with Gasteiger partial charge in [-0.05, 0) is 12.5 Å². The van der Waals surface area contributed by atoms with Gasteiger partial charge in [-0.1, -0.05) is 0 Å². The smallest absolute Gasteiger partial charge is 0.353 e. The van der Waals surface area contributed by atoms with Gasteiger partial charge >= 0.3 is 5.97 Å². The lowest BCUT2D eigenvalue weighted by Gasteiger charge is -2.40. The summed E-state index contributed by atoms with van der Waals surface area (Å²) >= 11 is 1.30. The number of ether oxygens (including phenoxy) is 2. The summed E-state index contributed by atoms with van der Waals surface area (Å²) in [4.78, 5) is 33.8. The van der Waals surface area contributed by atoms with Crippen LogP contribution in [-0.4, -0.2) is 67.2 Å².